The maximum Gasteiger partial charge on any atom is 0.242 e. The fraction of sp³-hybridized carbons (Fsp3) is 0.517. The van der Waals surface area contributed by atoms with E-state index in [1.807, 2.05) is 40.6 Å². The minimum absolute atomic E-state index is 0.0407. The zero-order valence-corrected chi connectivity index (χ0v) is 21.5. The predicted octanol–water partition coefficient (Wildman–Crippen LogP) is 5.24. The normalized spacial score (nSPS) is 27.2. The first-order valence-corrected chi connectivity index (χ1v) is 14.0. The molecular formula is C29H34N2O4S. The zero-order chi connectivity index (χ0) is 24.7. The number of hydrogen-bond donors (Lipinski definition) is 0. The minimum Gasteiger partial charge on any atom is -0.454 e. The van der Waals surface area contributed by atoms with Gasteiger partial charge >= 0.3 is 0 Å². The summed E-state index contributed by atoms with van der Waals surface area (Å²) in [5, 5.41) is 2.03. The summed E-state index contributed by atoms with van der Waals surface area (Å²) in [5.41, 5.74) is 0.709. The Hall–Kier alpha value is -2.80. The molecule has 190 valence electrons. The second-order valence-electron chi connectivity index (χ2n) is 11.2. The number of hydrogen-bond acceptors (Lipinski definition) is 5. The summed E-state index contributed by atoms with van der Waals surface area (Å²) in [4.78, 5) is 32.6. The van der Waals surface area contributed by atoms with E-state index in [4.69, 9.17) is 9.47 Å². The van der Waals surface area contributed by atoms with Gasteiger partial charge in [-0.1, -0.05) is 18.2 Å². The van der Waals surface area contributed by atoms with Crippen LogP contribution in [-0.2, 0) is 22.7 Å². The van der Waals surface area contributed by atoms with Crippen LogP contribution in [0.5, 0.6) is 11.5 Å². The van der Waals surface area contributed by atoms with Crippen LogP contribution in [0.25, 0.3) is 0 Å². The maximum absolute atomic E-state index is 14.0. The molecule has 0 radical (unpaired) electrons. The van der Waals surface area contributed by atoms with Crippen LogP contribution in [-0.4, -0.2) is 41.5 Å². The molecule has 0 N–H and O–H groups in total. The van der Waals surface area contributed by atoms with Crippen molar-refractivity contribution in [3.05, 3.63) is 58.8 Å². The molecule has 7 rings (SSSR count). The van der Waals surface area contributed by atoms with Gasteiger partial charge in [0.2, 0.25) is 18.6 Å². The molecule has 1 aromatic carbocycles. The molecule has 0 atom stereocenters. The van der Waals surface area contributed by atoms with Crippen molar-refractivity contribution in [3.63, 3.8) is 0 Å². The first-order valence-electron chi connectivity index (χ1n) is 13.1. The Morgan fingerprint density at radius 3 is 2.39 bits per heavy atom. The smallest absolute Gasteiger partial charge is 0.242 e. The van der Waals surface area contributed by atoms with E-state index in [0.717, 1.165) is 35.5 Å². The van der Waals surface area contributed by atoms with Gasteiger partial charge in [-0.2, -0.15) is 0 Å². The van der Waals surface area contributed by atoms with Crippen molar-refractivity contribution in [3.8, 4) is 11.5 Å². The van der Waals surface area contributed by atoms with Gasteiger partial charge in [0.25, 0.3) is 0 Å². The minimum atomic E-state index is -0.270. The van der Waals surface area contributed by atoms with E-state index < -0.39 is 0 Å². The number of ether oxygens (including phenoxy) is 2. The Morgan fingerprint density at radius 1 is 1.00 bits per heavy atom. The van der Waals surface area contributed by atoms with Crippen LogP contribution >= 0.6 is 11.3 Å². The Kier molecular flexibility index (Phi) is 6.28. The molecule has 2 heterocycles. The number of amides is 2. The van der Waals surface area contributed by atoms with Crippen molar-refractivity contribution in [2.24, 2.45) is 23.2 Å². The molecular weight excluding hydrogens is 472 g/mol. The van der Waals surface area contributed by atoms with Crippen LogP contribution in [0, 0.1) is 23.2 Å². The van der Waals surface area contributed by atoms with Gasteiger partial charge in [-0.05, 0) is 85.4 Å². The average Bonchev–Trinajstić information content (AvgIpc) is 3.54. The van der Waals surface area contributed by atoms with Gasteiger partial charge in [0.05, 0.1) is 12.0 Å². The number of thiophene rings is 1. The number of nitrogens with zero attached hydrogens (tertiary/aromatic N) is 2. The third-order valence-corrected chi connectivity index (χ3v) is 9.41. The molecule has 0 spiro atoms. The van der Waals surface area contributed by atoms with E-state index in [0.29, 0.717) is 43.1 Å². The van der Waals surface area contributed by atoms with Crippen LogP contribution < -0.4 is 9.47 Å². The van der Waals surface area contributed by atoms with E-state index in [1.54, 1.807) is 22.3 Å². The monoisotopic (exact) mass is 506 g/mol. The van der Waals surface area contributed by atoms with Crippen LogP contribution in [0.4, 0.5) is 0 Å². The summed E-state index contributed by atoms with van der Waals surface area (Å²) >= 11 is 1.64. The predicted molar refractivity (Wildman–Crippen MR) is 139 cm³/mol. The number of carbonyl (C=O) groups excluding carboxylic acids is 2. The molecule has 7 heteroatoms. The van der Waals surface area contributed by atoms with Crippen molar-refractivity contribution in [1.29, 1.82) is 0 Å². The second-order valence-corrected chi connectivity index (χ2v) is 12.2. The summed E-state index contributed by atoms with van der Waals surface area (Å²) in [6, 6.07) is 9.87. The summed E-state index contributed by atoms with van der Waals surface area (Å²) in [5.74, 6) is 3.62. The topological polar surface area (TPSA) is 59.1 Å². The standard InChI is InChI=1S/C29H34N2O4S/c1-2-7-30(28(33)29-13-21-9-22(14-29)11-23(10-21)15-29)18-27(32)31(17-24-4-3-8-36-24)16-20-5-6-25-26(12-20)35-19-34-25/h2-6,8,12,21-23H,1,7,9-11,13-19H2. The van der Waals surface area contributed by atoms with Crippen molar-refractivity contribution < 1.29 is 19.1 Å². The Balaban J connectivity index is 1.21. The molecule has 2 aromatic rings. The lowest BCUT2D eigenvalue weighted by Gasteiger charge is -2.56. The number of benzene rings is 1. The maximum atomic E-state index is 14.0. The van der Waals surface area contributed by atoms with Gasteiger partial charge in [0.15, 0.2) is 11.5 Å². The highest BCUT2D eigenvalue weighted by atomic mass is 32.1. The van der Waals surface area contributed by atoms with Crippen LogP contribution in [0.3, 0.4) is 0 Å². The van der Waals surface area contributed by atoms with E-state index in [1.165, 1.54) is 19.3 Å². The number of rotatable bonds is 9. The highest BCUT2D eigenvalue weighted by molar-refractivity contribution is 7.09. The van der Waals surface area contributed by atoms with Crippen molar-refractivity contribution in [2.45, 2.75) is 51.6 Å². The molecule has 5 aliphatic rings. The van der Waals surface area contributed by atoms with Crippen LogP contribution in [0.2, 0.25) is 0 Å². The molecule has 0 saturated heterocycles. The fourth-order valence-corrected chi connectivity index (χ4v) is 8.15. The van der Waals surface area contributed by atoms with Gasteiger partial charge in [-0.3, -0.25) is 9.59 Å². The van der Waals surface area contributed by atoms with Crippen LogP contribution in [0.1, 0.15) is 49.0 Å². The second kappa shape index (κ2) is 9.58. The highest BCUT2D eigenvalue weighted by Gasteiger charge is 2.55. The van der Waals surface area contributed by atoms with E-state index >= 15 is 0 Å². The van der Waals surface area contributed by atoms with Gasteiger partial charge in [-0.15, -0.1) is 17.9 Å². The Morgan fingerprint density at radius 2 is 1.72 bits per heavy atom. The summed E-state index contributed by atoms with van der Waals surface area (Å²) in [6.45, 7) is 5.57. The lowest BCUT2D eigenvalue weighted by Crippen LogP contribution is -2.56. The molecule has 1 aromatic heterocycles. The summed E-state index contributed by atoms with van der Waals surface area (Å²) in [7, 11) is 0. The van der Waals surface area contributed by atoms with Crippen molar-refractivity contribution in [2.75, 3.05) is 19.9 Å². The molecule has 4 aliphatic carbocycles. The summed E-state index contributed by atoms with van der Waals surface area (Å²) in [6.07, 6.45) is 8.61. The van der Waals surface area contributed by atoms with Crippen molar-refractivity contribution in [1.82, 2.24) is 9.80 Å². The molecule has 1 aliphatic heterocycles. The zero-order valence-electron chi connectivity index (χ0n) is 20.7. The Bertz CT molecular complexity index is 1110. The van der Waals surface area contributed by atoms with E-state index in [-0.39, 0.29) is 30.6 Å². The molecule has 0 unspecified atom stereocenters. The average molecular weight is 507 g/mol. The molecule has 6 nitrogen and oxygen atoms in total. The van der Waals surface area contributed by atoms with Gasteiger partial charge in [-0.25, -0.2) is 0 Å². The molecule has 4 bridgehead atoms. The van der Waals surface area contributed by atoms with Gasteiger partial charge < -0.3 is 19.3 Å². The third-order valence-electron chi connectivity index (χ3n) is 8.54. The molecule has 4 fully saturated rings. The van der Waals surface area contributed by atoms with Crippen LogP contribution in [0.15, 0.2) is 48.4 Å². The highest BCUT2D eigenvalue weighted by Crippen LogP contribution is 2.60. The SMILES string of the molecule is C=CCN(CC(=O)N(Cc1ccc2c(c1)OCO2)Cc1cccs1)C(=O)C12CC3CC(CC(C3)C1)C2. The lowest BCUT2D eigenvalue weighted by atomic mass is 9.49. The Labute approximate surface area is 216 Å². The van der Waals surface area contributed by atoms with Gasteiger partial charge in [0, 0.05) is 18.0 Å². The molecule has 4 saturated carbocycles. The quantitative estimate of drug-likeness (QED) is 0.437. The third kappa shape index (κ3) is 4.54. The molecule has 2 amide bonds. The number of carbonyl (C=O) groups is 2. The number of fused-ring (bicyclic) bond motifs is 1. The van der Waals surface area contributed by atoms with E-state index in [2.05, 4.69) is 6.58 Å². The fourth-order valence-electron chi connectivity index (χ4n) is 7.43. The molecule has 36 heavy (non-hydrogen) atoms. The largest absolute Gasteiger partial charge is 0.454 e. The van der Waals surface area contributed by atoms with Gasteiger partial charge in [0.1, 0.15) is 6.54 Å². The van der Waals surface area contributed by atoms with E-state index in [9.17, 15) is 9.59 Å². The van der Waals surface area contributed by atoms with Crippen molar-refractivity contribution >= 4 is 23.2 Å². The first-order chi connectivity index (χ1) is 17.5. The lowest BCUT2D eigenvalue weighted by molar-refractivity contribution is -0.159. The first kappa shape index (κ1) is 23.6. The summed E-state index contributed by atoms with van der Waals surface area (Å²) < 4.78 is 11.0.